The number of aromatic amines is 1. The van der Waals surface area contributed by atoms with Crippen LogP contribution in [0.2, 0.25) is 0 Å². The lowest BCUT2D eigenvalue weighted by Gasteiger charge is -2.13. The summed E-state index contributed by atoms with van der Waals surface area (Å²) in [6, 6.07) is 11.2. The first-order valence-corrected chi connectivity index (χ1v) is 7.69. The Kier molecular flexibility index (Phi) is 5.89. The van der Waals surface area contributed by atoms with Gasteiger partial charge in [0.2, 0.25) is 0 Å². The number of aromatic nitrogens is 1. The van der Waals surface area contributed by atoms with Gasteiger partial charge >= 0.3 is 5.97 Å². The highest BCUT2D eigenvalue weighted by molar-refractivity contribution is 5.98. The molecule has 0 aliphatic rings. The number of carbonyl (C=O) groups is 3. The smallest absolute Gasteiger partial charge is 0.355 e. The van der Waals surface area contributed by atoms with Crippen molar-refractivity contribution in [2.45, 2.75) is 26.4 Å². The van der Waals surface area contributed by atoms with Crippen LogP contribution in [0.15, 0.2) is 42.6 Å². The number of hydrogen-bond donors (Lipinski definition) is 2. The van der Waals surface area contributed by atoms with E-state index in [0.29, 0.717) is 18.5 Å². The number of benzene rings is 1. The molecule has 126 valence electrons. The number of amides is 1. The molecule has 2 N–H and O–H groups in total. The summed E-state index contributed by atoms with van der Waals surface area (Å²) in [5.41, 5.74) is 1.65. The molecule has 0 spiro atoms. The van der Waals surface area contributed by atoms with E-state index in [4.69, 9.17) is 4.74 Å². The molecule has 1 aromatic carbocycles. The lowest BCUT2D eigenvalue weighted by atomic mass is 10.1. The molecule has 2 aromatic rings. The maximum atomic E-state index is 12.0. The van der Waals surface area contributed by atoms with Crippen molar-refractivity contribution >= 4 is 17.7 Å². The van der Waals surface area contributed by atoms with Gasteiger partial charge in [0.15, 0.2) is 11.9 Å². The largest absolute Gasteiger partial charge is 0.448 e. The van der Waals surface area contributed by atoms with Crippen molar-refractivity contribution in [3.63, 3.8) is 0 Å². The Morgan fingerprint density at radius 2 is 1.92 bits per heavy atom. The molecular formula is C18H20N2O4. The maximum absolute atomic E-state index is 12.0. The average molecular weight is 328 g/mol. The van der Waals surface area contributed by atoms with Crippen LogP contribution in [-0.2, 0) is 16.0 Å². The summed E-state index contributed by atoms with van der Waals surface area (Å²) < 4.78 is 5.10. The van der Waals surface area contributed by atoms with Crippen LogP contribution in [0.5, 0.6) is 0 Å². The number of nitrogens with one attached hydrogen (secondary N) is 2. The molecule has 1 atom stereocenters. The van der Waals surface area contributed by atoms with E-state index in [1.165, 1.54) is 26.1 Å². The predicted octanol–water partition coefficient (Wildman–Crippen LogP) is 2.12. The zero-order valence-electron chi connectivity index (χ0n) is 13.7. The minimum atomic E-state index is -0.919. The van der Waals surface area contributed by atoms with Gasteiger partial charge in [-0.2, -0.15) is 0 Å². The van der Waals surface area contributed by atoms with E-state index < -0.39 is 12.1 Å². The van der Waals surface area contributed by atoms with E-state index in [0.717, 1.165) is 5.56 Å². The van der Waals surface area contributed by atoms with Crippen molar-refractivity contribution in [3.8, 4) is 0 Å². The van der Waals surface area contributed by atoms with Gasteiger partial charge in [0.05, 0.1) is 0 Å². The SMILES string of the molecule is CC(=O)c1c[nH]c(C(=O)OC(C)C(=O)NCCc2ccccc2)c1. The molecule has 0 saturated heterocycles. The first kappa shape index (κ1) is 17.5. The summed E-state index contributed by atoms with van der Waals surface area (Å²) >= 11 is 0. The molecule has 6 nitrogen and oxygen atoms in total. The van der Waals surface area contributed by atoms with Crippen LogP contribution in [0.25, 0.3) is 0 Å². The fraction of sp³-hybridized carbons (Fsp3) is 0.278. The molecule has 1 amide bonds. The van der Waals surface area contributed by atoms with Crippen LogP contribution in [0.3, 0.4) is 0 Å². The maximum Gasteiger partial charge on any atom is 0.355 e. The fourth-order valence-corrected chi connectivity index (χ4v) is 2.11. The number of H-pyrrole nitrogens is 1. The minimum Gasteiger partial charge on any atom is -0.448 e. The number of Topliss-reactive ketones (excluding diaryl/α,β-unsaturated/α-hetero) is 1. The third kappa shape index (κ3) is 4.81. The highest BCUT2D eigenvalue weighted by Gasteiger charge is 2.20. The van der Waals surface area contributed by atoms with Crippen molar-refractivity contribution < 1.29 is 19.1 Å². The van der Waals surface area contributed by atoms with Crippen molar-refractivity contribution in [3.05, 3.63) is 59.4 Å². The molecule has 2 rings (SSSR count). The number of hydrogen-bond acceptors (Lipinski definition) is 4. The third-order valence-corrected chi connectivity index (χ3v) is 3.52. The number of ketones is 1. The molecule has 0 radical (unpaired) electrons. The van der Waals surface area contributed by atoms with Gasteiger partial charge in [0.25, 0.3) is 5.91 Å². The van der Waals surface area contributed by atoms with Crippen molar-refractivity contribution in [1.82, 2.24) is 10.3 Å². The van der Waals surface area contributed by atoms with E-state index in [9.17, 15) is 14.4 Å². The minimum absolute atomic E-state index is 0.143. The van der Waals surface area contributed by atoms with Crippen LogP contribution < -0.4 is 5.32 Å². The molecule has 1 aromatic heterocycles. The summed E-state index contributed by atoms with van der Waals surface area (Å²) in [7, 11) is 0. The molecule has 0 aliphatic carbocycles. The Morgan fingerprint density at radius 3 is 2.54 bits per heavy atom. The number of esters is 1. The normalized spacial score (nSPS) is 11.6. The highest BCUT2D eigenvalue weighted by atomic mass is 16.5. The zero-order valence-corrected chi connectivity index (χ0v) is 13.7. The van der Waals surface area contributed by atoms with Gasteiger partial charge in [-0.1, -0.05) is 30.3 Å². The fourth-order valence-electron chi connectivity index (χ4n) is 2.11. The monoisotopic (exact) mass is 328 g/mol. The standard InChI is InChI=1S/C18H20N2O4/c1-12(21)15-10-16(20-11-15)18(23)24-13(2)17(22)19-9-8-14-6-4-3-5-7-14/h3-7,10-11,13,20H,8-9H2,1-2H3,(H,19,22). The summed E-state index contributed by atoms with van der Waals surface area (Å²) in [6.45, 7) is 3.37. The highest BCUT2D eigenvalue weighted by Crippen LogP contribution is 2.07. The predicted molar refractivity (Wildman–Crippen MR) is 88.8 cm³/mol. The second-order valence-electron chi connectivity index (χ2n) is 5.43. The summed E-state index contributed by atoms with van der Waals surface area (Å²) in [5.74, 6) is -1.19. The van der Waals surface area contributed by atoms with Gasteiger partial charge in [-0.15, -0.1) is 0 Å². The molecule has 1 unspecified atom stereocenters. The van der Waals surface area contributed by atoms with E-state index in [2.05, 4.69) is 10.3 Å². The Hall–Kier alpha value is -2.89. The molecule has 6 heteroatoms. The lowest BCUT2D eigenvalue weighted by molar-refractivity contribution is -0.129. The van der Waals surface area contributed by atoms with Crippen molar-refractivity contribution in [2.75, 3.05) is 6.54 Å². The Labute approximate surface area is 140 Å². The lowest BCUT2D eigenvalue weighted by Crippen LogP contribution is -2.36. The first-order chi connectivity index (χ1) is 11.5. The number of rotatable bonds is 7. The Morgan fingerprint density at radius 1 is 1.21 bits per heavy atom. The van der Waals surface area contributed by atoms with Gasteiger partial charge in [0, 0.05) is 18.3 Å². The molecule has 24 heavy (non-hydrogen) atoms. The van der Waals surface area contributed by atoms with E-state index >= 15 is 0 Å². The second kappa shape index (κ2) is 8.10. The van der Waals surface area contributed by atoms with Crippen LogP contribution in [0.1, 0.15) is 40.3 Å². The molecular weight excluding hydrogens is 308 g/mol. The summed E-state index contributed by atoms with van der Waals surface area (Å²) in [5, 5.41) is 2.73. The van der Waals surface area contributed by atoms with Gasteiger partial charge in [-0.05, 0) is 31.9 Å². The molecule has 1 heterocycles. The first-order valence-electron chi connectivity index (χ1n) is 7.69. The van der Waals surface area contributed by atoms with Gasteiger partial charge in [0.1, 0.15) is 5.69 Å². The van der Waals surface area contributed by atoms with Gasteiger partial charge in [-0.3, -0.25) is 9.59 Å². The topological polar surface area (TPSA) is 88.3 Å². The second-order valence-corrected chi connectivity index (χ2v) is 5.43. The zero-order chi connectivity index (χ0) is 17.5. The van der Waals surface area contributed by atoms with E-state index in [1.807, 2.05) is 30.3 Å². The van der Waals surface area contributed by atoms with Crippen molar-refractivity contribution in [2.24, 2.45) is 0 Å². The quantitative estimate of drug-likeness (QED) is 0.602. The molecule has 0 aliphatic heterocycles. The van der Waals surface area contributed by atoms with Crippen LogP contribution >= 0.6 is 0 Å². The van der Waals surface area contributed by atoms with Crippen LogP contribution in [0, 0.1) is 0 Å². The van der Waals surface area contributed by atoms with Crippen LogP contribution in [-0.4, -0.2) is 35.3 Å². The summed E-state index contributed by atoms with van der Waals surface area (Å²) in [6.07, 6.45) is 1.22. The number of ether oxygens (including phenoxy) is 1. The van der Waals surface area contributed by atoms with Crippen molar-refractivity contribution in [1.29, 1.82) is 0 Å². The Balaban J connectivity index is 1.80. The van der Waals surface area contributed by atoms with E-state index in [1.54, 1.807) is 0 Å². The van der Waals surface area contributed by atoms with Gasteiger partial charge in [-0.25, -0.2) is 4.79 Å². The average Bonchev–Trinajstić information content (AvgIpc) is 3.06. The molecule has 0 saturated carbocycles. The van der Waals surface area contributed by atoms with Crippen LogP contribution in [0.4, 0.5) is 0 Å². The Bertz CT molecular complexity index is 722. The summed E-state index contributed by atoms with van der Waals surface area (Å²) in [4.78, 5) is 37.8. The third-order valence-electron chi connectivity index (χ3n) is 3.52. The van der Waals surface area contributed by atoms with E-state index in [-0.39, 0.29) is 17.4 Å². The molecule has 0 fully saturated rings. The van der Waals surface area contributed by atoms with Gasteiger partial charge < -0.3 is 15.0 Å². The number of carbonyl (C=O) groups excluding carboxylic acids is 3. The molecule has 0 bridgehead atoms.